The maximum absolute atomic E-state index is 10.7. The Balaban J connectivity index is 2.19. The summed E-state index contributed by atoms with van der Waals surface area (Å²) in [6.45, 7) is -1.31. The molecule has 0 amide bonds. The lowest BCUT2D eigenvalue weighted by Gasteiger charge is -1.77. The summed E-state index contributed by atoms with van der Waals surface area (Å²) in [6.07, 6.45) is 0. The van der Waals surface area contributed by atoms with Gasteiger partial charge in [-0.15, -0.1) is 0 Å². The SMILES string of the molecule is FC[NH2+]CF. The van der Waals surface area contributed by atoms with E-state index in [9.17, 15) is 8.78 Å². The predicted molar refractivity (Wildman–Crippen MR) is 13.9 cm³/mol. The first-order valence-corrected chi connectivity index (χ1v) is 1.35. The molecule has 0 saturated heterocycles. The molecule has 0 spiro atoms. The van der Waals surface area contributed by atoms with Crippen LogP contribution in [0.25, 0.3) is 0 Å². The first-order chi connectivity index (χ1) is 2.41. The summed E-state index contributed by atoms with van der Waals surface area (Å²) in [5, 5.41) is 0.917. The summed E-state index contributed by atoms with van der Waals surface area (Å²) in [5.74, 6) is 0. The Kier molecular flexibility index (Phi) is 3.68. The number of hydrogen-bond acceptors (Lipinski definition) is 0. The number of rotatable bonds is 2. The monoisotopic (exact) mass is 82.0 g/mol. The van der Waals surface area contributed by atoms with Crippen molar-refractivity contribution >= 4 is 0 Å². The standard InChI is InChI=1S/C2H5F2N/c3-1-5-2-4/h5H,1-2H2/p+1. The number of nitrogens with two attached hydrogens (primary N) is 1. The Morgan fingerprint density at radius 3 is 1.60 bits per heavy atom. The highest BCUT2D eigenvalue weighted by Crippen LogP contribution is 1.41. The second kappa shape index (κ2) is 3.82. The molecule has 3 heteroatoms. The molecule has 0 aromatic rings. The largest absolute Gasteiger partial charge is 0.293 e. The molecule has 1 nitrogen and oxygen atoms in total. The maximum Gasteiger partial charge on any atom is 0.221 e. The summed E-state index contributed by atoms with van der Waals surface area (Å²) in [7, 11) is 0. The fourth-order valence-corrected chi connectivity index (χ4v) is 0.0412. The van der Waals surface area contributed by atoms with E-state index in [4.69, 9.17) is 0 Å². The van der Waals surface area contributed by atoms with Crippen LogP contribution in [0.5, 0.6) is 0 Å². The molecule has 0 atom stereocenters. The van der Waals surface area contributed by atoms with Crippen LogP contribution in [0.1, 0.15) is 0 Å². The van der Waals surface area contributed by atoms with Gasteiger partial charge < -0.3 is 0 Å². The van der Waals surface area contributed by atoms with Crippen molar-refractivity contribution < 1.29 is 14.1 Å². The molecule has 0 heterocycles. The highest BCUT2D eigenvalue weighted by molar-refractivity contribution is 3.69. The second-order valence-corrected chi connectivity index (χ2v) is 0.597. The fourth-order valence-electron chi connectivity index (χ4n) is 0.0412. The van der Waals surface area contributed by atoms with Crippen LogP contribution in [0.4, 0.5) is 8.78 Å². The second-order valence-electron chi connectivity index (χ2n) is 0.597. The van der Waals surface area contributed by atoms with Crippen molar-refractivity contribution in [3.63, 3.8) is 0 Å². The minimum atomic E-state index is -0.656. The minimum Gasteiger partial charge on any atom is -0.293 e. The van der Waals surface area contributed by atoms with E-state index in [1.165, 1.54) is 0 Å². The lowest BCUT2D eigenvalue weighted by molar-refractivity contribution is -0.692. The molecule has 0 aliphatic heterocycles. The highest BCUT2D eigenvalue weighted by atomic mass is 19.1. The number of alkyl halides is 2. The Hall–Kier alpha value is -0.180. The number of quaternary nitrogens is 1. The number of hydrogen-bond donors (Lipinski definition) is 1. The molecule has 0 aromatic carbocycles. The van der Waals surface area contributed by atoms with E-state index in [-0.39, 0.29) is 0 Å². The smallest absolute Gasteiger partial charge is 0.221 e. The Labute approximate surface area is 29.0 Å². The first-order valence-electron chi connectivity index (χ1n) is 1.35. The third-order valence-electron chi connectivity index (χ3n) is 0.218. The minimum absolute atomic E-state index is 0.656. The van der Waals surface area contributed by atoms with Crippen molar-refractivity contribution in [1.82, 2.24) is 0 Å². The van der Waals surface area contributed by atoms with Gasteiger partial charge in [0, 0.05) is 0 Å². The average Bonchev–Trinajstić information content (AvgIpc) is 1.41. The van der Waals surface area contributed by atoms with E-state index < -0.39 is 13.6 Å². The molecule has 0 saturated carbocycles. The van der Waals surface area contributed by atoms with E-state index in [0.29, 0.717) is 0 Å². The van der Waals surface area contributed by atoms with E-state index in [2.05, 4.69) is 0 Å². The van der Waals surface area contributed by atoms with Crippen molar-refractivity contribution in [3.05, 3.63) is 0 Å². The predicted octanol–water partition coefficient (Wildman–Crippen LogP) is -0.596. The molecule has 5 heavy (non-hydrogen) atoms. The molecular formula is C2H6F2N+. The van der Waals surface area contributed by atoms with Gasteiger partial charge in [-0.2, -0.15) is 8.78 Å². The number of halogens is 2. The lowest BCUT2D eigenvalue weighted by Crippen LogP contribution is -2.82. The molecule has 0 radical (unpaired) electrons. The van der Waals surface area contributed by atoms with Crippen LogP contribution in [-0.2, 0) is 0 Å². The van der Waals surface area contributed by atoms with E-state index in [0.717, 1.165) is 5.32 Å². The Morgan fingerprint density at radius 2 is 1.60 bits per heavy atom. The van der Waals surface area contributed by atoms with Gasteiger partial charge in [-0.1, -0.05) is 0 Å². The van der Waals surface area contributed by atoms with Gasteiger partial charge in [-0.3, -0.25) is 5.32 Å². The zero-order valence-electron chi connectivity index (χ0n) is 2.75. The maximum atomic E-state index is 10.7. The fraction of sp³-hybridized carbons (Fsp3) is 1.00. The van der Waals surface area contributed by atoms with Crippen LogP contribution >= 0.6 is 0 Å². The van der Waals surface area contributed by atoms with Crippen LogP contribution in [0, 0.1) is 0 Å². The third-order valence-corrected chi connectivity index (χ3v) is 0.218. The van der Waals surface area contributed by atoms with Crippen LogP contribution < -0.4 is 5.32 Å². The Bertz CT molecular complexity index is 15.1. The molecule has 0 aliphatic carbocycles. The van der Waals surface area contributed by atoms with Gasteiger partial charge in [0.2, 0.25) is 13.6 Å². The van der Waals surface area contributed by atoms with Crippen LogP contribution in [-0.4, -0.2) is 13.6 Å². The van der Waals surface area contributed by atoms with E-state index in [1.54, 1.807) is 0 Å². The summed E-state index contributed by atoms with van der Waals surface area (Å²) in [4.78, 5) is 0. The molecule has 0 aromatic heterocycles. The van der Waals surface area contributed by atoms with Gasteiger partial charge in [0.1, 0.15) is 0 Å². The quantitative estimate of drug-likeness (QED) is 0.428. The molecular weight excluding hydrogens is 76.0 g/mol. The van der Waals surface area contributed by atoms with Gasteiger partial charge in [-0.25, -0.2) is 0 Å². The summed E-state index contributed by atoms with van der Waals surface area (Å²) >= 11 is 0. The van der Waals surface area contributed by atoms with Crippen molar-refractivity contribution in [1.29, 1.82) is 0 Å². The van der Waals surface area contributed by atoms with Crippen LogP contribution in [0.3, 0.4) is 0 Å². The topological polar surface area (TPSA) is 16.6 Å². The van der Waals surface area contributed by atoms with Gasteiger partial charge in [0.05, 0.1) is 0 Å². The lowest BCUT2D eigenvalue weighted by atomic mass is 11.2. The van der Waals surface area contributed by atoms with E-state index in [1.807, 2.05) is 0 Å². The average molecular weight is 82.1 g/mol. The normalized spacial score (nSPS) is 8.40. The zero-order chi connectivity index (χ0) is 4.12. The first kappa shape index (κ1) is 4.82. The third kappa shape index (κ3) is 3.82. The summed E-state index contributed by atoms with van der Waals surface area (Å²) in [6, 6.07) is 0. The molecule has 0 aliphatic rings. The molecule has 0 rings (SSSR count). The molecule has 32 valence electrons. The highest BCUT2D eigenvalue weighted by Gasteiger charge is 1.73. The van der Waals surface area contributed by atoms with Crippen molar-refractivity contribution in [2.75, 3.05) is 13.6 Å². The van der Waals surface area contributed by atoms with E-state index >= 15 is 0 Å². The van der Waals surface area contributed by atoms with Crippen LogP contribution in [0.15, 0.2) is 0 Å². The van der Waals surface area contributed by atoms with Crippen molar-refractivity contribution in [2.45, 2.75) is 0 Å². The zero-order valence-corrected chi connectivity index (χ0v) is 2.75. The van der Waals surface area contributed by atoms with Gasteiger partial charge >= 0.3 is 0 Å². The summed E-state index contributed by atoms with van der Waals surface area (Å²) < 4.78 is 21.4. The van der Waals surface area contributed by atoms with Gasteiger partial charge in [0.25, 0.3) is 0 Å². The molecule has 0 unspecified atom stereocenters. The van der Waals surface area contributed by atoms with Gasteiger partial charge in [0.15, 0.2) is 0 Å². The van der Waals surface area contributed by atoms with Crippen molar-refractivity contribution in [2.24, 2.45) is 0 Å². The molecule has 0 bridgehead atoms. The van der Waals surface area contributed by atoms with Gasteiger partial charge in [-0.05, 0) is 0 Å². The van der Waals surface area contributed by atoms with Crippen molar-refractivity contribution in [3.8, 4) is 0 Å². The Morgan fingerprint density at radius 1 is 1.20 bits per heavy atom. The molecule has 2 N–H and O–H groups in total. The molecule has 0 fully saturated rings. The van der Waals surface area contributed by atoms with Crippen LogP contribution in [0.2, 0.25) is 0 Å². The summed E-state index contributed by atoms with van der Waals surface area (Å²) in [5.41, 5.74) is 0.